The van der Waals surface area contributed by atoms with Crippen molar-refractivity contribution in [2.75, 3.05) is 13.7 Å². The van der Waals surface area contributed by atoms with Gasteiger partial charge in [0.15, 0.2) is 0 Å². The molecule has 1 aromatic rings. The summed E-state index contributed by atoms with van der Waals surface area (Å²) in [7, 11) is 1.66. The van der Waals surface area contributed by atoms with Crippen LogP contribution in [0.15, 0.2) is 36.4 Å². The molecule has 1 heterocycles. The van der Waals surface area contributed by atoms with Gasteiger partial charge in [-0.15, -0.1) is 0 Å². The molecule has 1 aromatic carbocycles. The maximum absolute atomic E-state index is 11.6. The van der Waals surface area contributed by atoms with Gasteiger partial charge in [0.05, 0.1) is 12.6 Å². The van der Waals surface area contributed by atoms with Crippen LogP contribution in [-0.4, -0.2) is 25.0 Å². The number of para-hydroxylation sites is 1. The summed E-state index contributed by atoms with van der Waals surface area (Å²) in [5, 5.41) is 0. The van der Waals surface area contributed by atoms with E-state index in [9.17, 15) is 4.79 Å². The van der Waals surface area contributed by atoms with Crippen LogP contribution in [0.2, 0.25) is 0 Å². The molecule has 0 aliphatic carbocycles. The van der Waals surface area contributed by atoms with E-state index < -0.39 is 5.54 Å². The number of hydrogen-bond donors (Lipinski definition) is 0. The lowest BCUT2D eigenvalue weighted by Crippen LogP contribution is -2.57. The molecule has 1 amide bonds. The molecular formula is C17H23NO2. The molecule has 1 saturated heterocycles. The largest absolute Gasteiger partial charge is 0.496 e. The third kappa shape index (κ3) is 1.84. The van der Waals surface area contributed by atoms with E-state index in [0.29, 0.717) is 6.54 Å². The number of likely N-dealkylation sites (tertiary alicyclic amines) is 1. The first-order valence-electron chi connectivity index (χ1n) is 6.93. The van der Waals surface area contributed by atoms with Crippen LogP contribution in [0.3, 0.4) is 0 Å². The van der Waals surface area contributed by atoms with Crippen molar-refractivity contribution in [2.45, 2.75) is 32.7 Å². The van der Waals surface area contributed by atoms with Gasteiger partial charge in [0.2, 0.25) is 6.41 Å². The quantitative estimate of drug-likeness (QED) is 0.624. The highest BCUT2D eigenvalue weighted by molar-refractivity contribution is 5.55. The third-order valence-corrected chi connectivity index (χ3v) is 5.09. The molecular weight excluding hydrogens is 250 g/mol. The van der Waals surface area contributed by atoms with Crippen LogP contribution in [0, 0.1) is 5.41 Å². The molecule has 0 spiro atoms. The van der Waals surface area contributed by atoms with Gasteiger partial charge in [-0.3, -0.25) is 4.79 Å². The number of benzene rings is 1. The number of ether oxygens (including phenoxy) is 1. The Bertz CT molecular complexity index is 536. The second kappa shape index (κ2) is 4.97. The molecule has 1 aliphatic rings. The van der Waals surface area contributed by atoms with Crippen molar-refractivity contribution in [3.05, 3.63) is 42.0 Å². The fraction of sp³-hybridized carbons (Fsp3) is 0.471. The zero-order chi connectivity index (χ0) is 15.0. The van der Waals surface area contributed by atoms with Gasteiger partial charge in [0.1, 0.15) is 5.75 Å². The Morgan fingerprint density at radius 1 is 1.30 bits per heavy atom. The van der Waals surface area contributed by atoms with E-state index in [-0.39, 0.29) is 5.41 Å². The monoisotopic (exact) mass is 273 g/mol. The number of methoxy groups -OCH3 is 1. The van der Waals surface area contributed by atoms with Crippen LogP contribution in [0.25, 0.3) is 0 Å². The van der Waals surface area contributed by atoms with Crippen LogP contribution in [-0.2, 0) is 10.3 Å². The standard InChI is InChI=1S/C17H23NO2/c1-13-10-11-18(12-19)17(4,16(13,2)3)14-8-6-7-9-15(14)20-5/h6-9,12H,1,10-11H2,2-5H3. The molecule has 1 atom stereocenters. The molecule has 3 heteroatoms. The molecule has 1 aliphatic heterocycles. The number of nitrogens with zero attached hydrogens (tertiary/aromatic N) is 1. The SMILES string of the molecule is C=C1CCN(C=O)C(C)(c2ccccc2OC)C1(C)C. The van der Waals surface area contributed by atoms with Gasteiger partial charge in [-0.2, -0.15) is 0 Å². The number of carbonyl (C=O) groups is 1. The lowest BCUT2D eigenvalue weighted by Gasteiger charge is -2.55. The predicted molar refractivity (Wildman–Crippen MR) is 80.7 cm³/mol. The van der Waals surface area contributed by atoms with Gasteiger partial charge < -0.3 is 9.64 Å². The minimum Gasteiger partial charge on any atom is -0.496 e. The predicted octanol–water partition coefficient (Wildman–Crippen LogP) is 3.35. The lowest BCUT2D eigenvalue weighted by molar-refractivity contribution is -0.130. The number of hydrogen-bond acceptors (Lipinski definition) is 2. The minimum atomic E-state index is -0.462. The molecule has 3 nitrogen and oxygen atoms in total. The van der Waals surface area contributed by atoms with Crippen molar-refractivity contribution >= 4 is 6.41 Å². The van der Waals surface area contributed by atoms with E-state index in [4.69, 9.17) is 4.74 Å². The second-order valence-electron chi connectivity index (χ2n) is 6.05. The van der Waals surface area contributed by atoms with Crippen molar-refractivity contribution < 1.29 is 9.53 Å². The maximum atomic E-state index is 11.6. The van der Waals surface area contributed by atoms with Gasteiger partial charge >= 0.3 is 0 Å². The Morgan fingerprint density at radius 2 is 1.95 bits per heavy atom. The van der Waals surface area contributed by atoms with E-state index in [1.54, 1.807) is 7.11 Å². The van der Waals surface area contributed by atoms with Crippen molar-refractivity contribution in [2.24, 2.45) is 5.41 Å². The Balaban J connectivity index is 2.68. The highest BCUT2D eigenvalue weighted by atomic mass is 16.5. The fourth-order valence-electron chi connectivity index (χ4n) is 3.19. The Labute approximate surface area is 121 Å². The van der Waals surface area contributed by atoms with Crippen LogP contribution in [0.1, 0.15) is 32.8 Å². The smallest absolute Gasteiger partial charge is 0.210 e. The summed E-state index contributed by atoms with van der Waals surface area (Å²) in [6.07, 6.45) is 1.79. The average molecular weight is 273 g/mol. The van der Waals surface area contributed by atoms with Gasteiger partial charge in [0, 0.05) is 17.5 Å². The first-order valence-corrected chi connectivity index (χ1v) is 6.93. The van der Waals surface area contributed by atoms with Gasteiger partial charge in [0.25, 0.3) is 0 Å². The normalized spacial score (nSPS) is 25.4. The molecule has 0 radical (unpaired) electrons. The van der Waals surface area contributed by atoms with Crippen molar-refractivity contribution in [3.63, 3.8) is 0 Å². The third-order valence-electron chi connectivity index (χ3n) is 5.09. The summed E-state index contributed by atoms with van der Waals surface area (Å²) >= 11 is 0. The lowest BCUT2D eigenvalue weighted by atomic mass is 9.61. The Kier molecular flexibility index (Phi) is 3.63. The summed E-state index contributed by atoms with van der Waals surface area (Å²) in [4.78, 5) is 13.5. The number of rotatable bonds is 3. The average Bonchev–Trinajstić information content (AvgIpc) is 2.45. The van der Waals surface area contributed by atoms with E-state index >= 15 is 0 Å². The van der Waals surface area contributed by atoms with E-state index in [1.807, 2.05) is 29.2 Å². The molecule has 1 fully saturated rings. The zero-order valence-corrected chi connectivity index (χ0v) is 12.8. The van der Waals surface area contributed by atoms with Crippen molar-refractivity contribution in [1.82, 2.24) is 4.90 Å². The molecule has 20 heavy (non-hydrogen) atoms. The van der Waals surface area contributed by atoms with E-state index in [2.05, 4.69) is 27.4 Å². The summed E-state index contributed by atoms with van der Waals surface area (Å²) in [6.45, 7) is 11.3. The van der Waals surface area contributed by atoms with E-state index in [1.165, 1.54) is 5.57 Å². The Morgan fingerprint density at radius 3 is 2.55 bits per heavy atom. The molecule has 0 bridgehead atoms. The highest BCUT2D eigenvalue weighted by Crippen LogP contribution is 2.53. The molecule has 0 N–H and O–H groups in total. The molecule has 2 rings (SSSR count). The minimum absolute atomic E-state index is 0.221. The van der Waals surface area contributed by atoms with E-state index in [0.717, 1.165) is 24.1 Å². The fourth-order valence-corrected chi connectivity index (χ4v) is 3.19. The first-order chi connectivity index (χ1) is 9.39. The van der Waals surface area contributed by atoms with Gasteiger partial charge in [-0.1, -0.05) is 44.2 Å². The Hall–Kier alpha value is -1.77. The summed E-state index contributed by atoms with van der Waals surface area (Å²) in [5.41, 5.74) is 1.52. The molecule has 1 unspecified atom stereocenters. The van der Waals surface area contributed by atoms with Crippen LogP contribution in [0.4, 0.5) is 0 Å². The first kappa shape index (κ1) is 14.6. The summed E-state index contributed by atoms with van der Waals surface area (Å²) < 4.78 is 5.51. The number of carbonyl (C=O) groups excluding carboxylic acids is 1. The highest BCUT2D eigenvalue weighted by Gasteiger charge is 2.51. The maximum Gasteiger partial charge on any atom is 0.210 e. The number of amides is 1. The zero-order valence-electron chi connectivity index (χ0n) is 12.8. The summed E-state index contributed by atoms with van der Waals surface area (Å²) in [5.74, 6) is 0.810. The van der Waals surface area contributed by atoms with Crippen LogP contribution in [0.5, 0.6) is 5.75 Å². The summed E-state index contributed by atoms with van der Waals surface area (Å²) in [6, 6.07) is 7.91. The number of piperidine rings is 1. The van der Waals surface area contributed by atoms with Crippen molar-refractivity contribution in [3.8, 4) is 5.75 Å². The molecule has 0 saturated carbocycles. The van der Waals surface area contributed by atoms with Crippen LogP contribution < -0.4 is 4.74 Å². The van der Waals surface area contributed by atoms with Gasteiger partial charge in [-0.25, -0.2) is 0 Å². The topological polar surface area (TPSA) is 29.5 Å². The van der Waals surface area contributed by atoms with Crippen LogP contribution >= 0.6 is 0 Å². The van der Waals surface area contributed by atoms with Crippen molar-refractivity contribution in [1.29, 1.82) is 0 Å². The molecule has 108 valence electrons. The second-order valence-corrected chi connectivity index (χ2v) is 6.05. The molecule has 0 aromatic heterocycles. The van der Waals surface area contributed by atoms with Gasteiger partial charge in [-0.05, 0) is 19.4 Å².